The van der Waals surface area contributed by atoms with E-state index >= 15 is 0 Å². The number of carbonyl (C=O) groups excluding carboxylic acids is 1. The first-order chi connectivity index (χ1) is 9.90. The van der Waals surface area contributed by atoms with Crippen LogP contribution in [0.1, 0.15) is 27.2 Å². The number of hydrogen-bond donors (Lipinski definition) is 1. The van der Waals surface area contributed by atoms with Crippen LogP contribution < -0.4 is 9.61 Å². The molecule has 118 valence electrons. The van der Waals surface area contributed by atoms with Crippen LogP contribution in [-0.2, 0) is 14.1 Å². The van der Waals surface area contributed by atoms with Gasteiger partial charge in [0, 0.05) is 0 Å². The van der Waals surface area contributed by atoms with Crippen LogP contribution in [0, 0.1) is 5.92 Å². The second-order valence-electron chi connectivity index (χ2n) is 5.15. The molecule has 5 nitrogen and oxygen atoms in total. The first-order valence-corrected chi connectivity index (χ1v) is 8.90. The van der Waals surface area contributed by atoms with E-state index in [0.29, 0.717) is 11.9 Å². The van der Waals surface area contributed by atoms with Crippen LogP contribution in [0.2, 0.25) is 0 Å². The third-order valence-electron chi connectivity index (χ3n) is 3.19. The SMILES string of the molecule is CCC(C)CP(=O)(NC(C)C(=O)OC)Oc1ccccc1. The highest BCUT2D eigenvalue weighted by Gasteiger charge is 2.31. The number of carbonyl (C=O) groups is 1. The lowest BCUT2D eigenvalue weighted by atomic mass is 10.2. The largest absolute Gasteiger partial charge is 0.468 e. The summed E-state index contributed by atoms with van der Waals surface area (Å²) in [6, 6.07) is 8.28. The van der Waals surface area contributed by atoms with Gasteiger partial charge in [0.25, 0.3) is 0 Å². The Balaban J connectivity index is 2.89. The van der Waals surface area contributed by atoms with Gasteiger partial charge in [-0.3, -0.25) is 9.36 Å². The molecule has 0 aliphatic heterocycles. The van der Waals surface area contributed by atoms with Crippen LogP contribution in [0.3, 0.4) is 0 Å². The summed E-state index contributed by atoms with van der Waals surface area (Å²) in [6.45, 7) is 5.65. The number of para-hydroxylation sites is 1. The molecular weight excluding hydrogens is 289 g/mol. The number of benzene rings is 1. The van der Waals surface area contributed by atoms with Gasteiger partial charge in [0.1, 0.15) is 11.8 Å². The molecule has 0 fully saturated rings. The topological polar surface area (TPSA) is 64.6 Å². The molecule has 1 rings (SSSR count). The lowest BCUT2D eigenvalue weighted by Gasteiger charge is -2.25. The van der Waals surface area contributed by atoms with Crippen molar-refractivity contribution in [2.24, 2.45) is 5.92 Å². The van der Waals surface area contributed by atoms with Crippen molar-refractivity contribution < 1.29 is 18.6 Å². The van der Waals surface area contributed by atoms with Gasteiger partial charge in [-0.05, 0) is 25.0 Å². The van der Waals surface area contributed by atoms with Crippen molar-refractivity contribution in [2.45, 2.75) is 33.2 Å². The predicted molar refractivity (Wildman–Crippen MR) is 83.6 cm³/mol. The van der Waals surface area contributed by atoms with Gasteiger partial charge in [0.15, 0.2) is 0 Å². The first kappa shape index (κ1) is 17.7. The lowest BCUT2D eigenvalue weighted by Crippen LogP contribution is -2.35. The van der Waals surface area contributed by atoms with E-state index < -0.39 is 19.5 Å². The van der Waals surface area contributed by atoms with Crippen molar-refractivity contribution >= 4 is 13.5 Å². The molecule has 1 aromatic carbocycles. The highest BCUT2D eigenvalue weighted by Crippen LogP contribution is 2.45. The number of methoxy groups -OCH3 is 1. The predicted octanol–water partition coefficient (Wildman–Crippen LogP) is 3.46. The summed E-state index contributed by atoms with van der Waals surface area (Å²) < 4.78 is 23.4. The smallest absolute Gasteiger partial charge is 0.323 e. The maximum Gasteiger partial charge on any atom is 0.323 e. The van der Waals surface area contributed by atoms with Crippen LogP contribution in [0.25, 0.3) is 0 Å². The Morgan fingerprint density at radius 3 is 2.43 bits per heavy atom. The van der Waals surface area contributed by atoms with Crippen molar-refractivity contribution in [3.63, 3.8) is 0 Å². The van der Waals surface area contributed by atoms with E-state index in [9.17, 15) is 9.36 Å². The Hall–Kier alpha value is -1.32. The maximum absolute atomic E-state index is 13.0. The number of hydrogen-bond acceptors (Lipinski definition) is 4. The molecule has 0 aromatic heterocycles. The molecule has 3 atom stereocenters. The number of ether oxygens (including phenoxy) is 1. The number of rotatable bonds is 8. The van der Waals surface area contributed by atoms with Crippen molar-refractivity contribution in [1.82, 2.24) is 5.09 Å². The third-order valence-corrected chi connectivity index (χ3v) is 5.58. The molecule has 3 unspecified atom stereocenters. The van der Waals surface area contributed by atoms with Gasteiger partial charge in [-0.25, -0.2) is 5.09 Å². The molecule has 0 radical (unpaired) electrons. The van der Waals surface area contributed by atoms with Crippen molar-refractivity contribution in [2.75, 3.05) is 13.3 Å². The minimum atomic E-state index is -3.19. The molecule has 0 heterocycles. The normalized spacial score (nSPS) is 16.6. The fraction of sp³-hybridized carbons (Fsp3) is 0.533. The summed E-state index contributed by atoms with van der Waals surface area (Å²) in [7, 11) is -1.88. The van der Waals surface area contributed by atoms with Crippen LogP contribution in [0.4, 0.5) is 0 Å². The minimum absolute atomic E-state index is 0.219. The second-order valence-corrected chi connectivity index (χ2v) is 7.30. The monoisotopic (exact) mass is 313 g/mol. The Morgan fingerprint density at radius 1 is 1.29 bits per heavy atom. The first-order valence-electron chi connectivity index (χ1n) is 7.09. The molecule has 21 heavy (non-hydrogen) atoms. The summed E-state index contributed by atoms with van der Waals surface area (Å²) >= 11 is 0. The molecule has 1 N–H and O–H groups in total. The van der Waals surface area contributed by atoms with Crippen LogP contribution in [0.5, 0.6) is 5.75 Å². The average molecular weight is 313 g/mol. The molecule has 0 bridgehead atoms. The van der Waals surface area contributed by atoms with Crippen LogP contribution in [0.15, 0.2) is 30.3 Å². The van der Waals surface area contributed by atoms with E-state index in [-0.39, 0.29) is 5.92 Å². The Bertz CT molecular complexity index is 492. The van der Waals surface area contributed by atoms with Gasteiger partial charge in [0.05, 0.1) is 13.3 Å². The van der Waals surface area contributed by atoms with E-state index in [0.717, 1.165) is 6.42 Å². The summed E-state index contributed by atoms with van der Waals surface area (Å²) in [4.78, 5) is 11.5. The van der Waals surface area contributed by atoms with Gasteiger partial charge in [-0.15, -0.1) is 0 Å². The van der Waals surface area contributed by atoms with Gasteiger partial charge < -0.3 is 9.26 Å². The third kappa shape index (κ3) is 5.90. The quantitative estimate of drug-likeness (QED) is 0.588. The summed E-state index contributed by atoms with van der Waals surface area (Å²) in [6.07, 6.45) is 1.25. The van der Waals surface area contributed by atoms with Gasteiger partial charge in [-0.2, -0.15) is 0 Å². The van der Waals surface area contributed by atoms with E-state index in [4.69, 9.17) is 4.52 Å². The molecule has 0 aliphatic rings. The fourth-order valence-corrected chi connectivity index (χ4v) is 4.30. The van der Waals surface area contributed by atoms with Crippen LogP contribution >= 0.6 is 7.52 Å². The number of nitrogens with one attached hydrogen (secondary N) is 1. The van der Waals surface area contributed by atoms with Crippen molar-refractivity contribution in [3.05, 3.63) is 30.3 Å². The fourth-order valence-electron chi connectivity index (χ4n) is 1.83. The maximum atomic E-state index is 13.0. The van der Waals surface area contributed by atoms with Crippen molar-refractivity contribution in [3.8, 4) is 5.75 Å². The van der Waals surface area contributed by atoms with E-state index in [1.807, 2.05) is 32.0 Å². The molecule has 0 saturated heterocycles. The lowest BCUT2D eigenvalue weighted by molar-refractivity contribution is -0.142. The molecule has 0 saturated carbocycles. The molecule has 1 aromatic rings. The zero-order valence-electron chi connectivity index (χ0n) is 13.0. The second kappa shape index (κ2) is 8.20. The minimum Gasteiger partial charge on any atom is -0.468 e. The Kier molecular flexibility index (Phi) is 6.93. The van der Waals surface area contributed by atoms with Gasteiger partial charge >= 0.3 is 13.5 Å². The van der Waals surface area contributed by atoms with Gasteiger partial charge in [-0.1, -0.05) is 38.5 Å². The van der Waals surface area contributed by atoms with Gasteiger partial charge in [0.2, 0.25) is 0 Å². The summed E-state index contributed by atoms with van der Waals surface area (Å²) in [5.74, 6) is 0.279. The van der Waals surface area contributed by atoms with Crippen LogP contribution in [-0.4, -0.2) is 25.3 Å². The number of esters is 1. The molecule has 0 amide bonds. The zero-order chi connectivity index (χ0) is 15.9. The summed E-state index contributed by atoms with van der Waals surface area (Å²) in [5, 5.41) is 2.82. The standard InChI is InChI=1S/C15H24NO4P/c1-5-12(2)11-21(18,16-13(3)15(17)19-4)20-14-9-7-6-8-10-14/h6-10,12-13H,5,11H2,1-4H3,(H,16,18). The van der Waals surface area contributed by atoms with E-state index in [2.05, 4.69) is 9.82 Å². The van der Waals surface area contributed by atoms with E-state index in [1.54, 1.807) is 19.1 Å². The molecule has 6 heteroatoms. The Labute approximate surface area is 126 Å². The molecule has 0 spiro atoms. The molecular formula is C15H24NO4P. The Morgan fingerprint density at radius 2 is 1.90 bits per heavy atom. The average Bonchev–Trinajstić information content (AvgIpc) is 2.46. The van der Waals surface area contributed by atoms with E-state index in [1.165, 1.54) is 7.11 Å². The summed E-state index contributed by atoms with van der Waals surface area (Å²) in [5.41, 5.74) is 0. The van der Waals surface area contributed by atoms with Crippen molar-refractivity contribution in [1.29, 1.82) is 0 Å². The zero-order valence-corrected chi connectivity index (χ0v) is 13.9. The highest BCUT2D eigenvalue weighted by atomic mass is 31.2. The highest BCUT2D eigenvalue weighted by molar-refractivity contribution is 7.57. The molecule has 0 aliphatic carbocycles.